The van der Waals surface area contributed by atoms with E-state index in [2.05, 4.69) is 10.3 Å². The number of rotatable bonds is 3. The monoisotopic (exact) mass is 495 g/mol. The molecule has 0 saturated carbocycles. The maximum Gasteiger partial charge on any atom is 0.425 e. The smallest absolute Gasteiger partial charge is 0.311 e. The molecule has 10 heteroatoms. The molecule has 0 unspecified atom stereocenters. The van der Waals surface area contributed by atoms with Crippen molar-refractivity contribution in [3.05, 3.63) is 94.5 Å². The first-order chi connectivity index (χ1) is 15.2. The van der Waals surface area contributed by atoms with Gasteiger partial charge >= 0.3 is 12.2 Å². The molecular formula is C22H14Cl2F3N3OS. The van der Waals surface area contributed by atoms with Crippen LogP contribution in [0.2, 0.25) is 10.0 Å². The van der Waals surface area contributed by atoms with E-state index in [1.54, 1.807) is 30.3 Å². The van der Waals surface area contributed by atoms with Crippen molar-refractivity contribution in [2.75, 3.05) is 4.90 Å². The second-order valence-corrected chi connectivity index (χ2v) is 8.81. The third-order valence-corrected chi connectivity index (χ3v) is 6.47. The lowest BCUT2D eigenvalue weighted by Gasteiger charge is -2.43. The minimum atomic E-state index is -4.82. The Morgan fingerprint density at radius 3 is 2.00 bits per heavy atom. The van der Waals surface area contributed by atoms with Crippen molar-refractivity contribution in [2.45, 2.75) is 11.0 Å². The number of thioether (sulfide) groups is 1. The van der Waals surface area contributed by atoms with Crippen molar-refractivity contribution in [3.63, 3.8) is 0 Å². The predicted molar refractivity (Wildman–Crippen MR) is 123 cm³/mol. The van der Waals surface area contributed by atoms with Crippen LogP contribution in [0.5, 0.6) is 0 Å². The van der Waals surface area contributed by atoms with Gasteiger partial charge in [0.25, 0.3) is 0 Å². The van der Waals surface area contributed by atoms with E-state index in [0.717, 1.165) is 4.90 Å². The Morgan fingerprint density at radius 2 is 1.44 bits per heavy atom. The largest absolute Gasteiger partial charge is 0.425 e. The summed E-state index contributed by atoms with van der Waals surface area (Å²) >= 11 is 12.3. The molecule has 1 N–H and O–H groups in total. The number of carbonyl (C=O) groups is 1. The standard InChI is InChI=1S/C22H14Cl2F3N3OS/c23-15-6-10-17(11-7-15)28-20-30(18-12-8-16(24)9-13-18)19(31)29-21(32-20,22(25,26)27)14-4-2-1-3-5-14/h1-13H,(H,29,31)/t21-/m1/s1. The predicted octanol–water partition coefficient (Wildman–Crippen LogP) is 7.36. The van der Waals surface area contributed by atoms with Crippen LogP contribution in [0.15, 0.2) is 83.9 Å². The van der Waals surface area contributed by atoms with Crippen LogP contribution in [0, 0.1) is 0 Å². The highest BCUT2D eigenvalue weighted by Crippen LogP contribution is 2.51. The van der Waals surface area contributed by atoms with Crippen LogP contribution in [0.25, 0.3) is 0 Å². The highest BCUT2D eigenvalue weighted by molar-refractivity contribution is 8.15. The number of nitrogens with zero attached hydrogens (tertiary/aromatic N) is 2. The molecule has 32 heavy (non-hydrogen) atoms. The fourth-order valence-electron chi connectivity index (χ4n) is 3.11. The van der Waals surface area contributed by atoms with E-state index in [1.165, 1.54) is 48.5 Å². The molecule has 164 valence electrons. The van der Waals surface area contributed by atoms with E-state index >= 15 is 0 Å². The number of amides is 2. The SMILES string of the molecule is O=C1N[C@@](c2ccccc2)(C(F)(F)F)SC(=Nc2ccc(Cl)cc2)N1c1ccc(Cl)cc1. The van der Waals surface area contributed by atoms with Crippen LogP contribution in [0.4, 0.5) is 29.3 Å². The van der Waals surface area contributed by atoms with Crippen LogP contribution >= 0.6 is 35.0 Å². The van der Waals surface area contributed by atoms with Gasteiger partial charge in [-0.05, 0) is 65.9 Å². The maximum atomic E-state index is 14.5. The van der Waals surface area contributed by atoms with E-state index in [1.807, 2.05) is 0 Å². The molecule has 4 rings (SSSR count). The van der Waals surface area contributed by atoms with Crippen molar-refractivity contribution in [2.24, 2.45) is 4.99 Å². The Balaban J connectivity index is 1.88. The summed E-state index contributed by atoms with van der Waals surface area (Å²) < 4.78 is 43.4. The van der Waals surface area contributed by atoms with Crippen LogP contribution in [-0.2, 0) is 4.87 Å². The van der Waals surface area contributed by atoms with E-state index in [4.69, 9.17) is 23.2 Å². The van der Waals surface area contributed by atoms with Gasteiger partial charge in [0.1, 0.15) is 0 Å². The van der Waals surface area contributed by atoms with Crippen LogP contribution in [-0.4, -0.2) is 17.4 Å². The van der Waals surface area contributed by atoms with Gasteiger partial charge in [-0.3, -0.25) is 0 Å². The van der Waals surface area contributed by atoms with Gasteiger partial charge in [0.15, 0.2) is 5.17 Å². The summed E-state index contributed by atoms with van der Waals surface area (Å²) in [6.45, 7) is 0. The summed E-state index contributed by atoms with van der Waals surface area (Å²) in [5, 5.41) is 2.88. The average molecular weight is 496 g/mol. The number of hydrogen-bond donors (Lipinski definition) is 1. The molecule has 0 aliphatic carbocycles. The summed E-state index contributed by atoms with van der Waals surface area (Å²) in [5.41, 5.74) is 0.538. The third-order valence-electron chi connectivity index (χ3n) is 4.64. The molecule has 1 aliphatic heterocycles. The lowest BCUT2D eigenvalue weighted by atomic mass is 10.1. The Morgan fingerprint density at radius 1 is 0.875 bits per heavy atom. The molecule has 0 bridgehead atoms. The molecule has 0 aromatic heterocycles. The summed E-state index contributed by atoms with van der Waals surface area (Å²) in [6, 6.07) is 18.6. The Hall–Kier alpha value is -2.68. The summed E-state index contributed by atoms with van der Waals surface area (Å²) in [7, 11) is 0. The maximum absolute atomic E-state index is 14.5. The molecule has 3 aromatic rings. The molecule has 4 nitrogen and oxygen atoms in total. The number of anilines is 1. The highest BCUT2D eigenvalue weighted by Gasteiger charge is 2.62. The number of urea groups is 1. The van der Waals surface area contributed by atoms with E-state index < -0.39 is 17.1 Å². The third kappa shape index (κ3) is 4.30. The van der Waals surface area contributed by atoms with Gasteiger partial charge in [0.2, 0.25) is 4.87 Å². The van der Waals surface area contributed by atoms with Crippen LogP contribution in [0.1, 0.15) is 5.56 Å². The second-order valence-electron chi connectivity index (χ2n) is 6.76. The minimum Gasteiger partial charge on any atom is -0.311 e. The van der Waals surface area contributed by atoms with E-state index in [0.29, 0.717) is 33.2 Å². The number of amidine groups is 1. The molecule has 1 aliphatic rings. The van der Waals surface area contributed by atoms with Gasteiger partial charge in [-0.2, -0.15) is 13.2 Å². The molecule has 3 aromatic carbocycles. The zero-order valence-corrected chi connectivity index (χ0v) is 18.4. The molecule has 1 atom stereocenters. The number of aliphatic imine (C=N–C) groups is 1. The van der Waals surface area contributed by atoms with Gasteiger partial charge < -0.3 is 5.32 Å². The van der Waals surface area contributed by atoms with Crippen LogP contribution in [0.3, 0.4) is 0 Å². The van der Waals surface area contributed by atoms with Gasteiger partial charge in [0.05, 0.1) is 11.4 Å². The Kier molecular flexibility index (Phi) is 6.11. The first kappa shape index (κ1) is 22.5. The number of alkyl halides is 3. The fourth-order valence-corrected chi connectivity index (χ4v) is 4.58. The molecular weight excluding hydrogens is 482 g/mol. The summed E-state index contributed by atoms with van der Waals surface area (Å²) in [4.78, 5) is 15.9. The van der Waals surface area contributed by atoms with Crippen LogP contribution < -0.4 is 10.2 Å². The molecule has 1 heterocycles. The Labute approximate surface area is 196 Å². The lowest BCUT2D eigenvalue weighted by Crippen LogP contribution is -2.63. The number of halogens is 5. The first-order valence-electron chi connectivity index (χ1n) is 9.23. The quantitative estimate of drug-likeness (QED) is 0.412. The highest BCUT2D eigenvalue weighted by atomic mass is 35.5. The zero-order chi connectivity index (χ0) is 22.9. The first-order valence-corrected chi connectivity index (χ1v) is 10.8. The Bertz CT molecular complexity index is 1160. The van der Waals surface area contributed by atoms with Gasteiger partial charge in [-0.25, -0.2) is 14.7 Å². The van der Waals surface area contributed by atoms with Crippen molar-refractivity contribution in [1.82, 2.24) is 5.32 Å². The number of carbonyl (C=O) groups excluding carboxylic acids is 1. The lowest BCUT2D eigenvalue weighted by molar-refractivity contribution is -0.167. The number of benzene rings is 3. The van der Waals surface area contributed by atoms with Gasteiger partial charge in [0, 0.05) is 10.0 Å². The average Bonchev–Trinajstić information content (AvgIpc) is 2.76. The number of nitrogens with one attached hydrogen (secondary N) is 1. The topological polar surface area (TPSA) is 44.7 Å². The van der Waals surface area contributed by atoms with Crippen molar-refractivity contribution in [1.29, 1.82) is 0 Å². The molecule has 2 amide bonds. The molecule has 1 saturated heterocycles. The van der Waals surface area contributed by atoms with Gasteiger partial charge in [-0.1, -0.05) is 53.5 Å². The summed E-state index contributed by atoms with van der Waals surface area (Å²) in [5.74, 6) is 0. The molecule has 0 radical (unpaired) electrons. The minimum absolute atomic E-state index is 0.120. The van der Waals surface area contributed by atoms with E-state index in [-0.39, 0.29) is 10.7 Å². The van der Waals surface area contributed by atoms with Gasteiger partial charge in [-0.15, -0.1) is 0 Å². The van der Waals surface area contributed by atoms with Crippen molar-refractivity contribution < 1.29 is 18.0 Å². The van der Waals surface area contributed by atoms with Crippen molar-refractivity contribution >= 4 is 57.5 Å². The van der Waals surface area contributed by atoms with Crippen molar-refractivity contribution in [3.8, 4) is 0 Å². The fraction of sp³-hybridized carbons (Fsp3) is 0.0909. The molecule has 1 fully saturated rings. The normalized spacial score (nSPS) is 20.3. The number of hydrogen-bond acceptors (Lipinski definition) is 3. The van der Waals surface area contributed by atoms with E-state index in [9.17, 15) is 18.0 Å². The molecule has 0 spiro atoms. The zero-order valence-electron chi connectivity index (χ0n) is 16.1. The summed E-state index contributed by atoms with van der Waals surface area (Å²) in [6.07, 6.45) is -4.82. The second kappa shape index (κ2) is 8.69.